The molecule has 0 aromatic carbocycles. The van der Waals surface area contributed by atoms with Crippen LogP contribution in [0.1, 0.15) is 49.1 Å². The van der Waals surface area contributed by atoms with Gasteiger partial charge in [-0.2, -0.15) is 5.10 Å². The molecule has 78 valence electrons. The molecule has 0 N–H and O–H groups in total. The van der Waals surface area contributed by atoms with Crippen molar-refractivity contribution in [3.63, 3.8) is 0 Å². The van der Waals surface area contributed by atoms with Gasteiger partial charge >= 0.3 is 0 Å². The number of rotatable bonds is 1. The molecule has 1 aliphatic rings. The number of halogens is 2. The van der Waals surface area contributed by atoms with Crippen LogP contribution in [-0.4, -0.2) is 9.78 Å². The monoisotopic (exact) mass is 200 g/mol. The van der Waals surface area contributed by atoms with Crippen molar-refractivity contribution in [2.45, 2.75) is 38.5 Å². The maximum Gasteiger partial charge on any atom is 0.282 e. The third-order valence-corrected chi connectivity index (χ3v) is 2.96. The van der Waals surface area contributed by atoms with Crippen LogP contribution >= 0.6 is 0 Å². The highest BCUT2D eigenvalue weighted by molar-refractivity contribution is 5.31. The lowest BCUT2D eigenvalue weighted by Crippen LogP contribution is -2.10. The van der Waals surface area contributed by atoms with Gasteiger partial charge in [0.15, 0.2) is 0 Å². The second kappa shape index (κ2) is 3.33. The SMILES string of the molecule is CC1CCCc2c(C(F)F)nn(C)c21. The second-order valence-electron chi connectivity index (χ2n) is 3.97. The molecule has 1 aromatic heterocycles. The Morgan fingerprint density at radius 1 is 1.50 bits per heavy atom. The highest BCUT2D eigenvalue weighted by Crippen LogP contribution is 2.35. The molecule has 1 aliphatic carbocycles. The molecule has 2 rings (SSSR count). The Balaban J connectivity index is 2.52. The van der Waals surface area contributed by atoms with Gasteiger partial charge in [-0.1, -0.05) is 6.92 Å². The van der Waals surface area contributed by atoms with Crippen molar-refractivity contribution in [1.82, 2.24) is 9.78 Å². The zero-order valence-electron chi connectivity index (χ0n) is 8.43. The fraction of sp³-hybridized carbons (Fsp3) is 0.700. The third kappa shape index (κ3) is 1.33. The van der Waals surface area contributed by atoms with Gasteiger partial charge < -0.3 is 0 Å². The van der Waals surface area contributed by atoms with Crippen molar-refractivity contribution in [2.75, 3.05) is 0 Å². The summed E-state index contributed by atoms with van der Waals surface area (Å²) in [6, 6.07) is 0. The van der Waals surface area contributed by atoms with Gasteiger partial charge in [-0.15, -0.1) is 0 Å². The van der Waals surface area contributed by atoms with Crippen molar-refractivity contribution in [1.29, 1.82) is 0 Å². The van der Waals surface area contributed by atoms with Crippen LogP contribution in [0.2, 0.25) is 0 Å². The molecule has 0 saturated heterocycles. The van der Waals surface area contributed by atoms with Crippen LogP contribution in [0.4, 0.5) is 8.78 Å². The third-order valence-electron chi connectivity index (χ3n) is 2.96. The predicted octanol–water partition coefficient (Wildman–Crippen LogP) is 2.80. The van der Waals surface area contributed by atoms with E-state index in [1.165, 1.54) is 0 Å². The van der Waals surface area contributed by atoms with E-state index in [-0.39, 0.29) is 5.69 Å². The number of aromatic nitrogens is 2. The predicted molar refractivity (Wildman–Crippen MR) is 49.5 cm³/mol. The first-order chi connectivity index (χ1) is 6.61. The summed E-state index contributed by atoms with van der Waals surface area (Å²) in [6.45, 7) is 2.08. The van der Waals surface area contributed by atoms with Gasteiger partial charge in [0, 0.05) is 18.3 Å². The molecule has 0 spiro atoms. The largest absolute Gasteiger partial charge is 0.282 e. The summed E-state index contributed by atoms with van der Waals surface area (Å²) in [5.74, 6) is 0.365. The number of alkyl halides is 2. The minimum Gasteiger partial charge on any atom is -0.272 e. The first-order valence-electron chi connectivity index (χ1n) is 4.95. The molecular formula is C10H14F2N2. The van der Waals surface area contributed by atoms with Crippen LogP contribution in [0, 0.1) is 0 Å². The zero-order chi connectivity index (χ0) is 10.3. The molecule has 1 atom stereocenters. The molecule has 1 aromatic rings. The maximum atomic E-state index is 12.6. The van der Waals surface area contributed by atoms with E-state index in [9.17, 15) is 8.78 Å². The number of nitrogens with zero attached hydrogens (tertiary/aromatic N) is 2. The number of fused-ring (bicyclic) bond motifs is 1. The van der Waals surface area contributed by atoms with Crippen LogP contribution in [0.25, 0.3) is 0 Å². The molecule has 1 heterocycles. The van der Waals surface area contributed by atoms with E-state index in [0.29, 0.717) is 5.92 Å². The van der Waals surface area contributed by atoms with E-state index in [4.69, 9.17) is 0 Å². The number of hydrogen-bond donors (Lipinski definition) is 0. The fourth-order valence-electron chi connectivity index (χ4n) is 2.37. The quantitative estimate of drug-likeness (QED) is 0.681. The fourth-order valence-corrected chi connectivity index (χ4v) is 2.37. The van der Waals surface area contributed by atoms with Crippen molar-refractivity contribution in [3.8, 4) is 0 Å². The Labute approximate surface area is 81.9 Å². The molecule has 1 unspecified atom stereocenters. The van der Waals surface area contributed by atoms with Gasteiger partial charge in [0.25, 0.3) is 6.43 Å². The van der Waals surface area contributed by atoms with Crippen LogP contribution < -0.4 is 0 Å². The van der Waals surface area contributed by atoms with Crippen molar-refractivity contribution >= 4 is 0 Å². The lowest BCUT2D eigenvalue weighted by molar-refractivity contribution is 0.144. The second-order valence-corrected chi connectivity index (χ2v) is 3.97. The zero-order valence-corrected chi connectivity index (χ0v) is 8.43. The molecule has 0 bridgehead atoms. The molecule has 4 heteroatoms. The summed E-state index contributed by atoms with van der Waals surface area (Å²) in [4.78, 5) is 0. The van der Waals surface area contributed by atoms with E-state index in [1.54, 1.807) is 11.7 Å². The molecule has 0 saturated carbocycles. The van der Waals surface area contributed by atoms with Gasteiger partial charge in [0.1, 0.15) is 5.69 Å². The van der Waals surface area contributed by atoms with Crippen molar-refractivity contribution in [2.24, 2.45) is 7.05 Å². The van der Waals surface area contributed by atoms with Crippen LogP contribution in [0.3, 0.4) is 0 Å². The summed E-state index contributed by atoms with van der Waals surface area (Å²) in [5, 5.41) is 3.91. The normalized spacial score (nSPS) is 21.4. The van der Waals surface area contributed by atoms with E-state index < -0.39 is 6.43 Å². The maximum absolute atomic E-state index is 12.6. The van der Waals surface area contributed by atoms with E-state index >= 15 is 0 Å². The van der Waals surface area contributed by atoms with Gasteiger partial charge in [-0.05, 0) is 25.2 Å². The molecule has 14 heavy (non-hydrogen) atoms. The highest BCUT2D eigenvalue weighted by Gasteiger charge is 2.27. The molecule has 0 aliphatic heterocycles. The average molecular weight is 200 g/mol. The molecular weight excluding hydrogens is 186 g/mol. The summed E-state index contributed by atoms with van der Waals surface area (Å²) in [7, 11) is 1.76. The Kier molecular flexibility index (Phi) is 2.29. The first-order valence-corrected chi connectivity index (χ1v) is 4.95. The van der Waals surface area contributed by atoms with Gasteiger partial charge in [-0.3, -0.25) is 4.68 Å². The Hall–Kier alpha value is -0.930. The molecule has 0 radical (unpaired) electrons. The Morgan fingerprint density at radius 2 is 2.21 bits per heavy atom. The van der Waals surface area contributed by atoms with E-state index in [1.807, 2.05) is 0 Å². The topological polar surface area (TPSA) is 17.8 Å². The van der Waals surface area contributed by atoms with Gasteiger partial charge in [0.05, 0.1) is 0 Å². The summed E-state index contributed by atoms with van der Waals surface area (Å²) >= 11 is 0. The highest BCUT2D eigenvalue weighted by atomic mass is 19.3. The number of aryl methyl sites for hydroxylation is 1. The first kappa shape index (κ1) is 9.62. The minimum absolute atomic E-state index is 0.00551. The molecule has 0 fully saturated rings. The van der Waals surface area contributed by atoms with Crippen LogP contribution in [0.15, 0.2) is 0 Å². The van der Waals surface area contributed by atoms with Crippen LogP contribution in [-0.2, 0) is 13.5 Å². The lowest BCUT2D eigenvalue weighted by atomic mass is 9.88. The average Bonchev–Trinajstić information content (AvgIpc) is 2.45. The van der Waals surface area contributed by atoms with Gasteiger partial charge in [0.2, 0.25) is 0 Å². The van der Waals surface area contributed by atoms with Gasteiger partial charge in [-0.25, -0.2) is 8.78 Å². The minimum atomic E-state index is -2.43. The molecule has 2 nitrogen and oxygen atoms in total. The van der Waals surface area contributed by atoms with E-state index in [2.05, 4.69) is 12.0 Å². The Bertz CT molecular complexity index is 344. The van der Waals surface area contributed by atoms with Crippen molar-refractivity contribution < 1.29 is 8.78 Å². The lowest BCUT2D eigenvalue weighted by Gasteiger charge is -2.19. The summed E-state index contributed by atoms with van der Waals surface area (Å²) in [6.07, 6.45) is 0.400. The molecule has 0 amide bonds. The smallest absolute Gasteiger partial charge is 0.272 e. The van der Waals surface area contributed by atoms with E-state index in [0.717, 1.165) is 30.5 Å². The van der Waals surface area contributed by atoms with Crippen molar-refractivity contribution in [3.05, 3.63) is 17.0 Å². The standard InChI is InChI=1S/C10H14F2N2/c1-6-4-3-5-7-8(10(11)12)13-14(2)9(6)7/h6,10H,3-5H2,1-2H3. The van der Waals surface area contributed by atoms with Crippen LogP contribution in [0.5, 0.6) is 0 Å². The Morgan fingerprint density at radius 3 is 2.86 bits per heavy atom. The summed E-state index contributed by atoms with van der Waals surface area (Å²) in [5.41, 5.74) is 1.79. The summed E-state index contributed by atoms with van der Waals surface area (Å²) < 4.78 is 26.9. The number of hydrogen-bond acceptors (Lipinski definition) is 1.